The van der Waals surface area contributed by atoms with Crippen LogP contribution in [0.1, 0.15) is 26.2 Å². The maximum atomic E-state index is 5.73. The number of nitrogens with zero attached hydrogens (tertiary/aromatic N) is 4. The summed E-state index contributed by atoms with van der Waals surface area (Å²) in [5, 5.41) is 0. The second kappa shape index (κ2) is 5.25. The highest BCUT2D eigenvalue weighted by molar-refractivity contribution is 9.10. The lowest BCUT2D eigenvalue weighted by atomic mass is 9.97. The standard InChI is InChI=1S/C13H20BrN5/c1-9-7-18-5-3-2-4-10(18)8-19(9)12-11(14)6-16-13(15)17-12/h6,9-10H,2-5,7-8H2,1H3,(H2,15,16,17). The van der Waals surface area contributed by atoms with Gasteiger partial charge in [-0.25, -0.2) is 4.98 Å². The van der Waals surface area contributed by atoms with Crippen LogP contribution in [0.5, 0.6) is 0 Å². The van der Waals surface area contributed by atoms with Gasteiger partial charge in [0.05, 0.1) is 4.47 Å². The second-order valence-electron chi connectivity index (χ2n) is 5.55. The minimum absolute atomic E-state index is 0.344. The first-order valence-electron chi connectivity index (χ1n) is 6.94. The summed E-state index contributed by atoms with van der Waals surface area (Å²) in [5.74, 6) is 1.28. The number of fused-ring (bicyclic) bond motifs is 1. The van der Waals surface area contributed by atoms with E-state index in [1.54, 1.807) is 6.20 Å². The van der Waals surface area contributed by atoms with Crippen molar-refractivity contribution in [3.8, 4) is 0 Å². The molecule has 2 atom stereocenters. The maximum absolute atomic E-state index is 5.73. The molecule has 5 nitrogen and oxygen atoms in total. The summed E-state index contributed by atoms with van der Waals surface area (Å²) in [5.41, 5.74) is 5.73. The van der Waals surface area contributed by atoms with Crippen LogP contribution in [0.25, 0.3) is 0 Å². The Labute approximate surface area is 122 Å². The first-order chi connectivity index (χ1) is 9.15. The molecule has 1 aromatic heterocycles. The van der Waals surface area contributed by atoms with E-state index in [1.807, 2.05) is 0 Å². The molecule has 0 spiro atoms. The second-order valence-corrected chi connectivity index (χ2v) is 6.40. The first kappa shape index (κ1) is 13.1. The third-order valence-corrected chi connectivity index (χ3v) is 4.76. The van der Waals surface area contributed by atoms with Gasteiger partial charge in [0.25, 0.3) is 0 Å². The van der Waals surface area contributed by atoms with Crippen LogP contribution in [0.4, 0.5) is 11.8 Å². The van der Waals surface area contributed by atoms with Gasteiger partial charge in [-0.3, -0.25) is 4.90 Å². The Morgan fingerprint density at radius 3 is 3.05 bits per heavy atom. The van der Waals surface area contributed by atoms with E-state index < -0.39 is 0 Å². The summed E-state index contributed by atoms with van der Waals surface area (Å²) in [6.07, 6.45) is 5.73. The van der Waals surface area contributed by atoms with E-state index in [2.05, 4.69) is 42.6 Å². The molecule has 1 aromatic rings. The molecule has 0 radical (unpaired) electrons. The van der Waals surface area contributed by atoms with Crippen LogP contribution >= 0.6 is 15.9 Å². The summed E-state index contributed by atoms with van der Waals surface area (Å²) in [6, 6.07) is 1.12. The molecule has 2 unspecified atom stereocenters. The molecule has 0 bridgehead atoms. The van der Waals surface area contributed by atoms with Gasteiger partial charge in [0.1, 0.15) is 5.82 Å². The van der Waals surface area contributed by atoms with Crippen LogP contribution in [0.2, 0.25) is 0 Å². The summed E-state index contributed by atoms with van der Waals surface area (Å²) >= 11 is 3.55. The van der Waals surface area contributed by atoms with Crippen molar-refractivity contribution in [3.05, 3.63) is 10.7 Å². The van der Waals surface area contributed by atoms with Crippen molar-refractivity contribution in [2.75, 3.05) is 30.3 Å². The molecule has 6 heteroatoms. The van der Waals surface area contributed by atoms with E-state index in [0.717, 1.165) is 23.4 Å². The minimum Gasteiger partial charge on any atom is -0.368 e. The van der Waals surface area contributed by atoms with Crippen LogP contribution < -0.4 is 10.6 Å². The fourth-order valence-electron chi connectivity index (χ4n) is 3.22. The lowest BCUT2D eigenvalue weighted by molar-refractivity contribution is 0.115. The smallest absolute Gasteiger partial charge is 0.222 e. The van der Waals surface area contributed by atoms with E-state index in [4.69, 9.17) is 5.73 Å². The highest BCUT2D eigenvalue weighted by atomic mass is 79.9. The van der Waals surface area contributed by atoms with Gasteiger partial charge in [0, 0.05) is 31.4 Å². The van der Waals surface area contributed by atoms with Crippen molar-refractivity contribution in [1.29, 1.82) is 0 Å². The molecule has 0 amide bonds. The average Bonchev–Trinajstić information content (AvgIpc) is 2.41. The number of rotatable bonds is 1. The van der Waals surface area contributed by atoms with E-state index in [1.165, 1.54) is 25.8 Å². The van der Waals surface area contributed by atoms with Gasteiger partial charge in [-0.05, 0) is 42.2 Å². The number of hydrogen-bond acceptors (Lipinski definition) is 5. The number of halogens is 1. The van der Waals surface area contributed by atoms with Gasteiger partial charge in [-0.2, -0.15) is 4.98 Å². The van der Waals surface area contributed by atoms with Crippen LogP contribution in [-0.2, 0) is 0 Å². The van der Waals surface area contributed by atoms with Crippen molar-refractivity contribution in [1.82, 2.24) is 14.9 Å². The third-order valence-electron chi connectivity index (χ3n) is 4.20. The molecule has 104 valence electrons. The minimum atomic E-state index is 0.344. The van der Waals surface area contributed by atoms with Crippen molar-refractivity contribution < 1.29 is 0 Å². The van der Waals surface area contributed by atoms with Gasteiger partial charge >= 0.3 is 0 Å². The summed E-state index contributed by atoms with van der Waals surface area (Å²) in [7, 11) is 0. The van der Waals surface area contributed by atoms with Gasteiger partial charge in [0.15, 0.2) is 0 Å². The Morgan fingerprint density at radius 2 is 2.21 bits per heavy atom. The number of nitrogen functional groups attached to an aromatic ring is 1. The molecular weight excluding hydrogens is 306 g/mol. The lowest BCUT2D eigenvalue weighted by Crippen LogP contribution is -2.59. The predicted octanol–water partition coefficient (Wildman–Crippen LogP) is 1.88. The summed E-state index contributed by atoms with van der Waals surface area (Å²) < 4.78 is 0.929. The molecule has 3 heterocycles. The van der Waals surface area contributed by atoms with E-state index >= 15 is 0 Å². The molecule has 0 saturated carbocycles. The highest BCUT2D eigenvalue weighted by Gasteiger charge is 2.34. The predicted molar refractivity (Wildman–Crippen MR) is 80.2 cm³/mol. The molecule has 3 rings (SSSR count). The lowest BCUT2D eigenvalue weighted by Gasteiger charge is -2.48. The number of aromatic nitrogens is 2. The number of nitrogens with two attached hydrogens (primary N) is 1. The molecule has 2 N–H and O–H groups in total. The Morgan fingerprint density at radius 1 is 1.37 bits per heavy atom. The Balaban J connectivity index is 1.85. The fourth-order valence-corrected chi connectivity index (χ4v) is 3.64. The topological polar surface area (TPSA) is 58.3 Å². The fraction of sp³-hybridized carbons (Fsp3) is 0.692. The third kappa shape index (κ3) is 2.56. The van der Waals surface area contributed by atoms with Crippen LogP contribution in [0, 0.1) is 0 Å². The zero-order valence-corrected chi connectivity index (χ0v) is 12.8. The maximum Gasteiger partial charge on any atom is 0.222 e. The average molecular weight is 326 g/mol. The summed E-state index contributed by atoms with van der Waals surface area (Å²) in [4.78, 5) is 13.4. The SMILES string of the molecule is CC1CN2CCCCC2CN1c1nc(N)ncc1Br. The Kier molecular flexibility index (Phi) is 3.62. The van der Waals surface area contributed by atoms with E-state index in [-0.39, 0.29) is 0 Å². The highest BCUT2D eigenvalue weighted by Crippen LogP contribution is 2.31. The molecule has 2 fully saturated rings. The summed E-state index contributed by atoms with van der Waals surface area (Å²) in [6.45, 7) is 5.66. The number of hydrogen-bond donors (Lipinski definition) is 1. The Hall–Kier alpha value is -0.880. The monoisotopic (exact) mass is 325 g/mol. The molecule has 0 aromatic carbocycles. The van der Waals surface area contributed by atoms with E-state index in [9.17, 15) is 0 Å². The van der Waals surface area contributed by atoms with Crippen molar-refractivity contribution in [2.24, 2.45) is 0 Å². The van der Waals surface area contributed by atoms with Gasteiger partial charge < -0.3 is 10.6 Å². The van der Waals surface area contributed by atoms with Crippen molar-refractivity contribution in [3.63, 3.8) is 0 Å². The van der Waals surface area contributed by atoms with Gasteiger partial charge in [-0.15, -0.1) is 0 Å². The zero-order chi connectivity index (χ0) is 13.4. The van der Waals surface area contributed by atoms with Crippen LogP contribution in [-0.4, -0.2) is 46.6 Å². The number of piperidine rings is 1. The Bertz CT molecular complexity index is 466. The number of anilines is 2. The molecule has 0 aliphatic carbocycles. The molecule has 2 aliphatic rings. The quantitative estimate of drug-likeness (QED) is 0.854. The van der Waals surface area contributed by atoms with E-state index in [0.29, 0.717) is 18.0 Å². The van der Waals surface area contributed by atoms with Crippen LogP contribution in [0.3, 0.4) is 0 Å². The normalized spacial score (nSPS) is 28.2. The zero-order valence-electron chi connectivity index (χ0n) is 11.2. The molecule has 19 heavy (non-hydrogen) atoms. The molecule has 2 saturated heterocycles. The van der Waals surface area contributed by atoms with Gasteiger partial charge in [-0.1, -0.05) is 6.42 Å². The van der Waals surface area contributed by atoms with Crippen molar-refractivity contribution in [2.45, 2.75) is 38.3 Å². The number of piperazine rings is 1. The first-order valence-corrected chi connectivity index (χ1v) is 7.73. The van der Waals surface area contributed by atoms with Gasteiger partial charge in [0.2, 0.25) is 5.95 Å². The molecule has 2 aliphatic heterocycles. The largest absolute Gasteiger partial charge is 0.368 e. The molecular formula is C13H20BrN5. The van der Waals surface area contributed by atoms with Crippen molar-refractivity contribution >= 4 is 27.7 Å². The van der Waals surface area contributed by atoms with Crippen LogP contribution in [0.15, 0.2) is 10.7 Å².